The second-order valence-electron chi connectivity index (χ2n) is 3.04. The molecule has 1 aromatic carbocycles. The first kappa shape index (κ1) is 10.7. The van der Waals surface area contributed by atoms with Gasteiger partial charge < -0.3 is 4.74 Å². The molecule has 13 heavy (non-hydrogen) atoms. The fourth-order valence-corrected chi connectivity index (χ4v) is 2.02. The second kappa shape index (κ2) is 6.17. The van der Waals surface area contributed by atoms with Gasteiger partial charge in [0, 0.05) is 19.0 Å². The van der Waals surface area contributed by atoms with Gasteiger partial charge in [0.05, 0.1) is 0 Å². The summed E-state index contributed by atoms with van der Waals surface area (Å²) in [6.07, 6.45) is 1.08. The summed E-state index contributed by atoms with van der Waals surface area (Å²) in [5.74, 6) is 0.571. The maximum absolute atomic E-state index is 5.07. The Morgan fingerprint density at radius 1 is 1.31 bits per heavy atom. The third-order valence-electron chi connectivity index (χ3n) is 2.13. The highest BCUT2D eigenvalue weighted by atomic mass is 79.9. The standard InChI is InChI=1S/C11H15BrO/c1-13-8-7-11(9-12)10-5-3-2-4-6-10/h2-6,11H,7-9H2,1H3. The number of alkyl halides is 1. The normalized spacial score (nSPS) is 12.8. The lowest BCUT2D eigenvalue weighted by Gasteiger charge is -2.13. The van der Waals surface area contributed by atoms with E-state index in [1.54, 1.807) is 7.11 Å². The van der Waals surface area contributed by atoms with Crippen LogP contribution in [0.2, 0.25) is 0 Å². The number of hydrogen-bond donors (Lipinski definition) is 0. The minimum atomic E-state index is 0.571. The van der Waals surface area contributed by atoms with Crippen LogP contribution in [0.1, 0.15) is 17.9 Å². The number of methoxy groups -OCH3 is 1. The highest BCUT2D eigenvalue weighted by molar-refractivity contribution is 9.09. The summed E-state index contributed by atoms with van der Waals surface area (Å²) in [5.41, 5.74) is 1.39. The molecule has 1 unspecified atom stereocenters. The molecule has 0 aliphatic heterocycles. The molecule has 2 heteroatoms. The van der Waals surface area contributed by atoms with Crippen molar-refractivity contribution in [1.82, 2.24) is 0 Å². The van der Waals surface area contributed by atoms with Gasteiger partial charge in [0.15, 0.2) is 0 Å². The number of rotatable bonds is 5. The summed E-state index contributed by atoms with van der Waals surface area (Å²) < 4.78 is 5.07. The van der Waals surface area contributed by atoms with E-state index in [4.69, 9.17) is 4.74 Å². The van der Waals surface area contributed by atoms with Gasteiger partial charge in [0.2, 0.25) is 0 Å². The van der Waals surface area contributed by atoms with Crippen molar-refractivity contribution in [3.63, 3.8) is 0 Å². The van der Waals surface area contributed by atoms with E-state index in [0.29, 0.717) is 5.92 Å². The van der Waals surface area contributed by atoms with Gasteiger partial charge in [-0.25, -0.2) is 0 Å². The molecule has 72 valence electrons. The second-order valence-corrected chi connectivity index (χ2v) is 3.69. The minimum Gasteiger partial charge on any atom is -0.385 e. The van der Waals surface area contributed by atoms with E-state index in [0.717, 1.165) is 18.4 Å². The van der Waals surface area contributed by atoms with Crippen molar-refractivity contribution < 1.29 is 4.74 Å². The molecule has 0 saturated heterocycles. The molecule has 0 radical (unpaired) electrons. The number of hydrogen-bond acceptors (Lipinski definition) is 1. The molecular weight excluding hydrogens is 228 g/mol. The van der Waals surface area contributed by atoms with E-state index in [-0.39, 0.29) is 0 Å². The van der Waals surface area contributed by atoms with Crippen LogP contribution in [0.25, 0.3) is 0 Å². The molecule has 1 atom stereocenters. The van der Waals surface area contributed by atoms with Crippen molar-refractivity contribution in [3.05, 3.63) is 35.9 Å². The topological polar surface area (TPSA) is 9.23 Å². The van der Waals surface area contributed by atoms with Gasteiger partial charge in [0.25, 0.3) is 0 Å². The van der Waals surface area contributed by atoms with Crippen molar-refractivity contribution in [2.24, 2.45) is 0 Å². The van der Waals surface area contributed by atoms with Gasteiger partial charge in [-0.3, -0.25) is 0 Å². The van der Waals surface area contributed by atoms with Gasteiger partial charge >= 0.3 is 0 Å². The van der Waals surface area contributed by atoms with Crippen LogP contribution >= 0.6 is 15.9 Å². The first-order valence-corrected chi connectivity index (χ1v) is 5.60. The lowest BCUT2D eigenvalue weighted by Crippen LogP contribution is -2.03. The monoisotopic (exact) mass is 242 g/mol. The van der Waals surface area contributed by atoms with Gasteiger partial charge in [0.1, 0.15) is 0 Å². The Hall–Kier alpha value is -0.340. The lowest BCUT2D eigenvalue weighted by atomic mass is 9.98. The minimum absolute atomic E-state index is 0.571. The van der Waals surface area contributed by atoms with Crippen LogP contribution in [-0.2, 0) is 4.74 Å². The molecular formula is C11H15BrO. The Balaban J connectivity index is 2.56. The fourth-order valence-electron chi connectivity index (χ4n) is 1.32. The number of halogens is 1. The predicted molar refractivity (Wildman–Crippen MR) is 59.5 cm³/mol. The number of benzene rings is 1. The van der Waals surface area contributed by atoms with E-state index >= 15 is 0 Å². The zero-order valence-electron chi connectivity index (χ0n) is 7.87. The van der Waals surface area contributed by atoms with Crippen molar-refractivity contribution in [3.8, 4) is 0 Å². The molecule has 1 aromatic rings. The van der Waals surface area contributed by atoms with Gasteiger partial charge in [-0.1, -0.05) is 46.3 Å². The Morgan fingerprint density at radius 3 is 2.54 bits per heavy atom. The average Bonchev–Trinajstić information content (AvgIpc) is 2.21. The van der Waals surface area contributed by atoms with E-state index < -0.39 is 0 Å². The van der Waals surface area contributed by atoms with Crippen molar-refractivity contribution in [1.29, 1.82) is 0 Å². The molecule has 0 aliphatic carbocycles. The van der Waals surface area contributed by atoms with E-state index in [1.807, 2.05) is 6.07 Å². The third-order valence-corrected chi connectivity index (χ3v) is 2.91. The molecule has 0 fully saturated rings. The molecule has 1 nitrogen and oxygen atoms in total. The van der Waals surface area contributed by atoms with Crippen molar-refractivity contribution in [2.45, 2.75) is 12.3 Å². The lowest BCUT2D eigenvalue weighted by molar-refractivity contribution is 0.190. The summed E-state index contributed by atoms with van der Waals surface area (Å²) in [6.45, 7) is 0.825. The van der Waals surface area contributed by atoms with Crippen LogP contribution in [-0.4, -0.2) is 19.0 Å². The summed E-state index contributed by atoms with van der Waals surface area (Å²) >= 11 is 3.53. The van der Waals surface area contributed by atoms with Crippen LogP contribution in [0, 0.1) is 0 Å². The third kappa shape index (κ3) is 3.49. The predicted octanol–water partition coefficient (Wildman–Crippen LogP) is 3.20. The van der Waals surface area contributed by atoms with Gasteiger partial charge in [-0.2, -0.15) is 0 Å². The molecule has 0 N–H and O–H groups in total. The molecule has 0 heterocycles. The quantitative estimate of drug-likeness (QED) is 0.721. The molecule has 0 amide bonds. The van der Waals surface area contributed by atoms with Crippen LogP contribution in [0.3, 0.4) is 0 Å². The Morgan fingerprint density at radius 2 is 2.00 bits per heavy atom. The molecule has 0 aromatic heterocycles. The molecule has 0 bridgehead atoms. The van der Waals surface area contributed by atoms with Crippen molar-refractivity contribution >= 4 is 15.9 Å². The summed E-state index contributed by atoms with van der Waals surface area (Å²) in [4.78, 5) is 0. The van der Waals surface area contributed by atoms with E-state index in [2.05, 4.69) is 40.2 Å². The highest BCUT2D eigenvalue weighted by Crippen LogP contribution is 2.21. The molecule has 0 saturated carbocycles. The largest absolute Gasteiger partial charge is 0.385 e. The maximum Gasteiger partial charge on any atom is 0.0468 e. The van der Waals surface area contributed by atoms with Crippen LogP contribution in [0.15, 0.2) is 30.3 Å². The van der Waals surface area contributed by atoms with Gasteiger partial charge in [-0.15, -0.1) is 0 Å². The molecule has 0 aliphatic rings. The Kier molecular flexibility index (Phi) is 5.09. The smallest absolute Gasteiger partial charge is 0.0468 e. The zero-order valence-corrected chi connectivity index (χ0v) is 9.46. The first-order chi connectivity index (χ1) is 6.38. The highest BCUT2D eigenvalue weighted by Gasteiger charge is 2.08. The Bertz CT molecular complexity index is 223. The summed E-state index contributed by atoms with van der Waals surface area (Å²) in [5, 5.41) is 1.00. The Labute approximate surface area is 88.2 Å². The van der Waals surface area contributed by atoms with E-state index in [9.17, 15) is 0 Å². The summed E-state index contributed by atoms with van der Waals surface area (Å²) in [7, 11) is 1.75. The zero-order chi connectivity index (χ0) is 9.52. The first-order valence-electron chi connectivity index (χ1n) is 4.48. The van der Waals surface area contributed by atoms with Crippen molar-refractivity contribution in [2.75, 3.05) is 19.0 Å². The van der Waals surface area contributed by atoms with Crippen LogP contribution in [0.4, 0.5) is 0 Å². The van der Waals surface area contributed by atoms with Crippen LogP contribution < -0.4 is 0 Å². The van der Waals surface area contributed by atoms with E-state index in [1.165, 1.54) is 5.56 Å². The maximum atomic E-state index is 5.07. The molecule has 1 rings (SSSR count). The van der Waals surface area contributed by atoms with Gasteiger partial charge in [-0.05, 0) is 17.9 Å². The average molecular weight is 243 g/mol. The summed E-state index contributed by atoms with van der Waals surface area (Å²) in [6, 6.07) is 10.5. The number of ether oxygens (including phenoxy) is 1. The fraction of sp³-hybridized carbons (Fsp3) is 0.455. The molecule has 0 spiro atoms. The van der Waals surface area contributed by atoms with Crippen LogP contribution in [0.5, 0.6) is 0 Å². The SMILES string of the molecule is COCCC(CBr)c1ccccc1.